The second kappa shape index (κ2) is 12.4. The molecule has 4 heterocycles. The first kappa shape index (κ1) is 30.9. The minimum absolute atomic E-state index is 0.100. The van der Waals surface area contributed by atoms with Gasteiger partial charge in [0.05, 0.1) is 39.0 Å². The van der Waals surface area contributed by atoms with E-state index in [1.807, 2.05) is 22.9 Å². The molecule has 0 N–H and O–H groups in total. The zero-order valence-corrected chi connectivity index (χ0v) is 26.3. The van der Waals surface area contributed by atoms with Gasteiger partial charge in [0, 0.05) is 42.2 Å². The predicted octanol–water partition coefficient (Wildman–Crippen LogP) is 5.01. The molecule has 2 saturated carbocycles. The molecular formula is C33H34F3N9O2. The molecule has 0 spiro atoms. The van der Waals surface area contributed by atoms with Crippen molar-refractivity contribution in [1.82, 2.24) is 39.4 Å². The van der Waals surface area contributed by atoms with Crippen LogP contribution in [0.25, 0.3) is 22.8 Å². The zero-order chi connectivity index (χ0) is 32.7. The van der Waals surface area contributed by atoms with Gasteiger partial charge in [0.1, 0.15) is 29.8 Å². The smallest absolute Gasteiger partial charge is 0.434 e. The molecule has 14 heteroatoms. The van der Waals surface area contributed by atoms with Crippen LogP contribution in [0.1, 0.15) is 54.6 Å². The number of anilines is 1. The third kappa shape index (κ3) is 6.58. The number of hydrogen-bond donors (Lipinski definition) is 0. The Labute approximate surface area is 270 Å². The number of rotatable bonds is 10. The molecule has 0 radical (unpaired) electrons. The maximum Gasteiger partial charge on any atom is 0.434 e. The molecule has 3 aliphatic rings. The number of ether oxygens (including phenoxy) is 2. The van der Waals surface area contributed by atoms with Crippen LogP contribution in [-0.4, -0.2) is 80.3 Å². The summed E-state index contributed by atoms with van der Waals surface area (Å²) in [6.45, 7) is 1.95. The average Bonchev–Trinajstić information content (AvgIpc) is 4.00. The van der Waals surface area contributed by atoms with Crippen LogP contribution < -0.4 is 14.4 Å². The Bertz CT molecular complexity index is 1840. The Morgan fingerprint density at radius 3 is 2.45 bits per heavy atom. The highest BCUT2D eigenvalue weighted by Gasteiger charge is 2.37. The highest BCUT2D eigenvalue weighted by molar-refractivity contribution is 5.66. The maximum absolute atomic E-state index is 13.7. The summed E-state index contributed by atoms with van der Waals surface area (Å²) in [4.78, 5) is 30.7. The van der Waals surface area contributed by atoms with Gasteiger partial charge in [-0.25, -0.2) is 24.9 Å². The molecule has 244 valence electrons. The lowest BCUT2D eigenvalue weighted by Gasteiger charge is -2.37. The molecule has 2 aliphatic carbocycles. The van der Waals surface area contributed by atoms with Crippen molar-refractivity contribution in [2.45, 2.75) is 50.4 Å². The van der Waals surface area contributed by atoms with Crippen molar-refractivity contribution >= 4 is 5.95 Å². The van der Waals surface area contributed by atoms with Crippen LogP contribution in [0.5, 0.6) is 11.6 Å². The van der Waals surface area contributed by atoms with Crippen LogP contribution in [0, 0.1) is 17.8 Å². The largest absolute Gasteiger partial charge is 0.496 e. The normalized spacial score (nSPS) is 16.7. The molecule has 0 unspecified atom stereocenters. The number of alkyl halides is 3. The lowest BCUT2D eigenvalue weighted by molar-refractivity contribution is -0.141. The topological polar surface area (TPSA) is 107 Å². The van der Waals surface area contributed by atoms with Crippen molar-refractivity contribution in [1.29, 1.82) is 0 Å². The highest BCUT2D eigenvalue weighted by atomic mass is 19.4. The molecule has 1 aromatic carbocycles. The number of aromatic nitrogens is 7. The van der Waals surface area contributed by atoms with Crippen molar-refractivity contribution in [2.75, 3.05) is 45.8 Å². The van der Waals surface area contributed by atoms with E-state index in [-0.39, 0.29) is 11.9 Å². The average molecular weight is 646 g/mol. The summed E-state index contributed by atoms with van der Waals surface area (Å²) in [6.07, 6.45) is 3.75. The van der Waals surface area contributed by atoms with E-state index in [0.717, 1.165) is 43.1 Å². The summed E-state index contributed by atoms with van der Waals surface area (Å²) in [7, 11) is 5.03. The molecule has 3 aromatic heterocycles. The van der Waals surface area contributed by atoms with Crippen LogP contribution >= 0.6 is 0 Å². The summed E-state index contributed by atoms with van der Waals surface area (Å²) in [5.74, 6) is 9.25. The fourth-order valence-corrected chi connectivity index (χ4v) is 5.77. The number of nitrogens with zero attached hydrogens (tertiary/aromatic N) is 9. The quantitative estimate of drug-likeness (QED) is 0.219. The SMILES string of the molecule is COc1cc(-c2nc(C(F)(F)F)cn2C2CN(C)C2)ccc1CN(CC#CC1CC1)c1ncnc(-c2c(OC)ncnc2C2CC2)n1. The van der Waals surface area contributed by atoms with E-state index in [2.05, 4.69) is 36.8 Å². The first-order chi connectivity index (χ1) is 22.7. The third-order valence-electron chi connectivity index (χ3n) is 8.59. The molecule has 0 amide bonds. The molecule has 7 rings (SSSR count). The van der Waals surface area contributed by atoms with E-state index in [9.17, 15) is 13.2 Å². The molecular weight excluding hydrogens is 611 g/mol. The lowest BCUT2D eigenvalue weighted by Crippen LogP contribution is -2.44. The Kier molecular flexibility index (Phi) is 8.17. The molecule has 0 atom stereocenters. The number of likely N-dealkylation sites (tertiary alicyclic amines) is 1. The molecule has 47 heavy (non-hydrogen) atoms. The first-order valence-electron chi connectivity index (χ1n) is 15.5. The Hall–Kier alpha value is -4.77. The number of hydrogen-bond acceptors (Lipinski definition) is 10. The second-order valence-electron chi connectivity index (χ2n) is 12.2. The van der Waals surface area contributed by atoms with Gasteiger partial charge in [0.15, 0.2) is 11.5 Å². The highest BCUT2D eigenvalue weighted by Crippen LogP contribution is 2.45. The van der Waals surface area contributed by atoms with Crippen molar-refractivity contribution < 1.29 is 22.6 Å². The first-order valence-corrected chi connectivity index (χ1v) is 15.5. The van der Waals surface area contributed by atoms with Gasteiger partial charge < -0.3 is 23.8 Å². The zero-order valence-electron chi connectivity index (χ0n) is 26.3. The monoisotopic (exact) mass is 645 g/mol. The van der Waals surface area contributed by atoms with Crippen molar-refractivity contribution in [3.8, 4) is 46.2 Å². The summed E-state index contributed by atoms with van der Waals surface area (Å²) < 4.78 is 54.1. The minimum Gasteiger partial charge on any atom is -0.496 e. The summed E-state index contributed by atoms with van der Waals surface area (Å²) in [5, 5.41) is 0. The van der Waals surface area contributed by atoms with Crippen molar-refractivity contribution in [3.63, 3.8) is 0 Å². The van der Waals surface area contributed by atoms with Crippen LogP contribution in [0.2, 0.25) is 0 Å². The maximum atomic E-state index is 13.7. The Morgan fingerprint density at radius 2 is 1.77 bits per heavy atom. The minimum atomic E-state index is -4.56. The van der Waals surface area contributed by atoms with Gasteiger partial charge >= 0.3 is 6.18 Å². The van der Waals surface area contributed by atoms with Crippen molar-refractivity contribution in [2.24, 2.45) is 5.92 Å². The number of likely N-dealkylation sites (N-methyl/N-ethyl adjacent to an activating group) is 1. The van der Waals surface area contributed by atoms with Gasteiger partial charge in [-0.15, -0.1) is 0 Å². The molecule has 0 bridgehead atoms. The fraction of sp³-hybridized carbons (Fsp3) is 0.455. The molecule has 1 saturated heterocycles. The van der Waals surface area contributed by atoms with E-state index in [1.54, 1.807) is 23.8 Å². The number of methoxy groups -OCH3 is 2. The van der Waals surface area contributed by atoms with E-state index < -0.39 is 11.9 Å². The van der Waals surface area contributed by atoms with E-state index >= 15 is 0 Å². The van der Waals surface area contributed by atoms with E-state index in [0.29, 0.717) is 72.5 Å². The van der Waals surface area contributed by atoms with Gasteiger partial charge in [-0.3, -0.25) is 0 Å². The van der Waals surface area contributed by atoms with Crippen LogP contribution in [0.15, 0.2) is 37.1 Å². The summed E-state index contributed by atoms with van der Waals surface area (Å²) in [5.41, 5.74) is 1.90. The summed E-state index contributed by atoms with van der Waals surface area (Å²) >= 11 is 0. The lowest BCUT2D eigenvalue weighted by atomic mass is 10.1. The summed E-state index contributed by atoms with van der Waals surface area (Å²) in [6, 6.07) is 5.25. The molecule has 3 fully saturated rings. The van der Waals surface area contributed by atoms with Crippen LogP contribution in [0.3, 0.4) is 0 Å². The molecule has 1 aliphatic heterocycles. The van der Waals surface area contributed by atoms with Crippen LogP contribution in [-0.2, 0) is 12.7 Å². The van der Waals surface area contributed by atoms with E-state index in [4.69, 9.17) is 14.5 Å². The van der Waals surface area contributed by atoms with Gasteiger partial charge in [0.2, 0.25) is 11.8 Å². The predicted molar refractivity (Wildman–Crippen MR) is 167 cm³/mol. The van der Waals surface area contributed by atoms with Crippen molar-refractivity contribution in [3.05, 3.63) is 54.0 Å². The molecule has 4 aromatic rings. The number of imidazole rings is 1. The van der Waals surface area contributed by atoms with Gasteiger partial charge in [-0.1, -0.05) is 24.0 Å². The van der Waals surface area contributed by atoms with Crippen LogP contribution in [0.4, 0.5) is 19.1 Å². The van der Waals surface area contributed by atoms with Gasteiger partial charge in [-0.2, -0.15) is 18.2 Å². The van der Waals surface area contributed by atoms with Gasteiger partial charge in [0.25, 0.3) is 0 Å². The fourth-order valence-electron chi connectivity index (χ4n) is 5.77. The third-order valence-corrected chi connectivity index (χ3v) is 8.59. The standard InChI is InChI=1S/C33H34F3N9O2/c1-43-15-24(16-43)45-17-26(33(34,35)36)41-30(45)22-10-11-23(25(13-22)46-2)14-44(12-4-5-20-6-7-20)32-40-19-38-29(42-32)27-28(21-8-9-21)37-18-39-31(27)47-3/h10-11,13,17-21,24H,6-9,12,14-16H2,1-3H3. The second-order valence-corrected chi connectivity index (χ2v) is 12.2. The Balaban J connectivity index is 1.23. The van der Waals surface area contributed by atoms with Gasteiger partial charge in [-0.05, 0) is 38.8 Å². The van der Waals surface area contributed by atoms with E-state index in [1.165, 1.54) is 19.8 Å². The number of halogens is 3. The number of benzene rings is 1. The molecule has 11 nitrogen and oxygen atoms in total. The Morgan fingerprint density at radius 1 is 0.979 bits per heavy atom.